The Morgan fingerprint density at radius 3 is 2.49 bits per heavy atom. The molecule has 5 rings (SSSR count). The summed E-state index contributed by atoms with van der Waals surface area (Å²) < 4.78 is 16.1. The lowest BCUT2D eigenvalue weighted by Gasteiger charge is -2.23. The topological polar surface area (TPSA) is 39.5 Å². The molecule has 1 aliphatic rings. The van der Waals surface area contributed by atoms with Gasteiger partial charge in [-0.05, 0) is 77.8 Å². The van der Waals surface area contributed by atoms with Gasteiger partial charge in [0.25, 0.3) is 0 Å². The molecule has 0 N–H and O–H groups in total. The number of fused-ring (bicyclic) bond motifs is 1. The summed E-state index contributed by atoms with van der Waals surface area (Å²) in [4.78, 5) is 0. The molecule has 37 heavy (non-hydrogen) atoms. The van der Waals surface area contributed by atoms with E-state index in [9.17, 15) is 0 Å². The zero-order chi connectivity index (χ0) is 25.6. The third kappa shape index (κ3) is 6.38. The van der Waals surface area contributed by atoms with Crippen molar-refractivity contribution in [3.05, 3.63) is 95.7 Å². The van der Waals surface area contributed by atoms with E-state index in [4.69, 9.17) is 14.6 Å². The van der Waals surface area contributed by atoms with Crippen molar-refractivity contribution in [1.29, 1.82) is 0 Å². The highest BCUT2D eigenvalue weighted by atomic mass is 127. The lowest BCUT2D eigenvalue weighted by molar-refractivity contribution is -0.0366. The average Bonchev–Trinajstić information content (AvgIpc) is 3.36. The molecule has 0 radical (unpaired) electrons. The Morgan fingerprint density at radius 2 is 1.78 bits per heavy atom. The van der Waals surface area contributed by atoms with Gasteiger partial charge >= 0.3 is 0 Å². The molecular formula is C30H31I2N3O2. The zero-order valence-electron chi connectivity index (χ0n) is 20.9. The number of halogens is 2. The first-order valence-corrected chi connectivity index (χ1v) is 14.8. The van der Waals surface area contributed by atoms with Crippen molar-refractivity contribution >= 4 is 67.8 Å². The second-order valence-corrected chi connectivity index (χ2v) is 13.3. The maximum Gasteiger partial charge on any atom is 0.150 e. The number of allylic oxidation sites excluding steroid dienone is 1. The molecule has 1 fully saturated rings. The van der Waals surface area contributed by atoms with Gasteiger partial charge in [0.2, 0.25) is 0 Å². The Kier molecular flexibility index (Phi) is 9.17. The minimum Gasteiger partial charge on any atom is -0.492 e. The van der Waals surface area contributed by atoms with Crippen molar-refractivity contribution in [2.75, 3.05) is 19.8 Å². The number of benzene rings is 3. The molecule has 1 unspecified atom stereocenters. The smallest absolute Gasteiger partial charge is 0.150 e. The SMILES string of the molecule is CC/C(=C(/c1ccc(OCCN(I)I)cc1)c1ccc2c(cnn2C2CCCCO2)c1)c1ccccc1. The van der Waals surface area contributed by atoms with Gasteiger partial charge in [-0.25, -0.2) is 4.68 Å². The minimum atomic E-state index is 0.0293. The monoisotopic (exact) mass is 719 g/mol. The Labute approximate surface area is 246 Å². The first-order valence-electron chi connectivity index (χ1n) is 12.8. The molecule has 0 aliphatic carbocycles. The van der Waals surface area contributed by atoms with Crippen LogP contribution in [-0.2, 0) is 4.74 Å². The number of ether oxygens (including phenoxy) is 2. The van der Waals surface area contributed by atoms with Crippen LogP contribution in [0.1, 0.15) is 55.5 Å². The Morgan fingerprint density at radius 1 is 1.00 bits per heavy atom. The van der Waals surface area contributed by atoms with E-state index in [1.165, 1.54) is 34.3 Å². The molecule has 1 aliphatic heterocycles. The molecule has 0 amide bonds. The van der Waals surface area contributed by atoms with Crippen LogP contribution >= 0.6 is 45.7 Å². The molecule has 1 saturated heterocycles. The molecule has 5 nitrogen and oxygen atoms in total. The van der Waals surface area contributed by atoms with Crippen LogP contribution in [0.3, 0.4) is 0 Å². The summed E-state index contributed by atoms with van der Waals surface area (Å²) in [5.74, 6) is 0.889. The molecule has 192 valence electrons. The Bertz CT molecular complexity index is 1340. The summed E-state index contributed by atoms with van der Waals surface area (Å²) in [6.45, 7) is 4.56. The van der Waals surface area contributed by atoms with Gasteiger partial charge in [-0.3, -0.25) is 0 Å². The van der Waals surface area contributed by atoms with Crippen molar-refractivity contribution in [2.24, 2.45) is 0 Å². The van der Waals surface area contributed by atoms with Gasteiger partial charge in [0.05, 0.1) is 18.3 Å². The van der Waals surface area contributed by atoms with E-state index in [1.807, 2.05) is 6.20 Å². The number of nitrogens with zero attached hydrogens (tertiary/aromatic N) is 3. The quantitative estimate of drug-likeness (QED) is 0.0989. The summed E-state index contributed by atoms with van der Waals surface area (Å²) in [6, 6.07) is 25.9. The highest BCUT2D eigenvalue weighted by molar-refractivity contribution is 14.2. The average molecular weight is 719 g/mol. The Hall–Kier alpha value is -1.95. The van der Waals surface area contributed by atoms with Crippen molar-refractivity contribution in [3.63, 3.8) is 0 Å². The van der Waals surface area contributed by atoms with Gasteiger partial charge in [-0.1, -0.05) is 55.5 Å². The van der Waals surface area contributed by atoms with Crippen molar-refractivity contribution in [2.45, 2.75) is 38.8 Å². The number of aromatic nitrogens is 2. The van der Waals surface area contributed by atoms with Gasteiger partial charge in [-0.15, -0.1) is 0 Å². The van der Waals surface area contributed by atoms with E-state index in [0.717, 1.165) is 49.1 Å². The molecule has 1 aromatic heterocycles. The molecule has 0 bridgehead atoms. The second-order valence-electron chi connectivity index (χ2n) is 9.16. The molecule has 3 aromatic carbocycles. The summed E-state index contributed by atoms with van der Waals surface area (Å²) in [6.07, 6.45) is 6.25. The standard InChI is InChI=1S/C30H31I2N3O2/c1-2-27(22-8-4-3-5-9-22)30(23-11-14-26(15-12-23)36-19-17-34(31)32)24-13-16-28-25(20-24)21-33-35(28)29-10-6-7-18-37-29/h3-5,8-9,11-16,20-21,29H,2,6-7,10,17-19H2,1H3/b30-27+. The van der Waals surface area contributed by atoms with Crippen LogP contribution in [0.4, 0.5) is 0 Å². The molecular weight excluding hydrogens is 688 g/mol. The van der Waals surface area contributed by atoms with Crippen LogP contribution in [0.5, 0.6) is 5.75 Å². The largest absolute Gasteiger partial charge is 0.492 e. The van der Waals surface area contributed by atoms with Crippen LogP contribution in [0.2, 0.25) is 0 Å². The fourth-order valence-corrected chi connectivity index (χ4v) is 5.38. The van der Waals surface area contributed by atoms with Gasteiger partial charge in [0.1, 0.15) is 12.4 Å². The van der Waals surface area contributed by atoms with E-state index in [0.29, 0.717) is 6.61 Å². The normalized spacial score (nSPS) is 16.7. The number of rotatable bonds is 9. The van der Waals surface area contributed by atoms with Crippen molar-refractivity contribution in [3.8, 4) is 5.75 Å². The highest BCUT2D eigenvalue weighted by Crippen LogP contribution is 2.37. The molecule has 0 spiro atoms. The summed E-state index contributed by atoms with van der Waals surface area (Å²) in [5, 5.41) is 5.86. The maximum atomic E-state index is 6.02. The minimum absolute atomic E-state index is 0.0293. The van der Waals surface area contributed by atoms with Gasteiger partial charge < -0.3 is 9.47 Å². The first kappa shape index (κ1) is 26.6. The van der Waals surface area contributed by atoms with Crippen molar-refractivity contribution in [1.82, 2.24) is 11.1 Å². The molecule has 2 heterocycles. The van der Waals surface area contributed by atoms with Crippen LogP contribution in [0, 0.1) is 0 Å². The van der Waals surface area contributed by atoms with Gasteiger partial charge in [-0.2, -0.15) is 6.43 Å². The zero-order valence-corrected chi connectivity index (χ0v) is 25.3. The number of hydrogen-bond donors (Lipinski definition) is 0. The van der Waals surface area contributed by atoms with E-state index < -0.39 is 0 Å². The lowest BCUT2D eigenvalue weighted by Crippen LogP contribution is -2.18. The second kappa shape index (κ2) is 12.7. The summed E-state index contributed by atoms with van der Waals surface area (Å²) in [5.41, 5.74) is 7.31. The van der Waals surface area contributed by atoms with Crippen LogP contribution < -0.4 is 4.74 Å². The predicted octanol–water partition coefficient (Wildman–Crippen LogP) is 8.49. The fourth-order valence-electron chi connectivity index (χ4n) is 4.98. The highest BCUT2D eigenvalue weighted by Gasteiger charge is 2.20. The van der Waals surface area contributed by atoms with Crippen LogP contribution in [0.25, 0.3) is 22.0 Å². The molecule has 4 aromatic rings. The predicted molar refractivity (Wildman–Crippen MR) is 168 cm³/mol. The lowest BCUT2D eigenvalue weighted by atomic mass is 9.88. The van der Waals surface area contributed by atoms with Crippen LogP contribution in [0.15, 0.2) is 79.0 Å². The molecule has 7 heteroatoms. The summed E-state index contributed by atoms with van der Waals surface area (Å²) in [7, 11) is 0. The van der Waals surface area contributed by atoms with E-state index in [-0.39, 0.29) is 6.23 Å². The third-order valence-corrected chi connectivity index (χ3v) is 7.73. The first-order chi connectivity index (χ1) is 18.1. The molecule has 1 atom stereocenters. The maximum absolute atomic E-state index is 6.02. The van der Waals surface area contributed by atoms with E-state index in [1.54, 1.807) is 0 Å². The van der Waals surface area contributed by atoms with Gasteiger partial charge in [0, 0.05) is 57.7 Å². The molecule has 0 saturated carbocycles. The van der Waals surface area contributed by atoms with Crippen LogP contribution in [-0.4, -0.2) is 30.9 Å². The van der Waals surface area contributed by atoms with Crippen molar-refractivity contribution < 1.29 is 9.47 Å². The Balaban J connectivity index is 1.55. The third-order valence-electron chi connectivity index (χ3n) is 6.76. The van der Waals surface area contributed by atoms with E-state index >= 15 is 0 Å². The summed E-state index contributed by atoms with van der Waals surface area (Å²) >= 11 is 4.53. The van der Waals surface area contributed by atoms with E-state index in [2.05, 4.69) is 131 Å². The fraction of sp³-hybridized carbons (Fsp3) is 0.300. The number of hydrogen-bond acceptors (Lipinski definition) is 4. The van der Waals surface area contributed by atoms with Gasteiger partial charge in [0.15, 0.2) is 6.23 Å².